The number of amides is 1. The van der Waals surface area contributed by atoms with E-state index in [4.69, 9.17) is 4.74 Å². The van der Waals surface area contributed by atoms with Crippen molar-refractivity contribution in [1.82, 2.24) is 24.9 Å². The Bertz CT molecular complexity index is 725. The van der Waals surface area contributed by atoms with Crippen LogP contribution in [0.2, 0.25) is 0 Å². The number of rotatable bonds is 6. The first-order valence-electron chi connectivity index (χ1n) is 7.53. The van der Waals surface area contributed by atoms with Gasteiger partial charge in [0, 0.05) is 23.0 Å². The first-order chi connectivity index (χ1) is 10.9. The van der Waals surface area contributed by atoms with Crippen LogP contribution >= 0.6 is 0 Å². The molecular weight excluding hydrogens is 298 g/mol. The maximum atomic E-state index is 12.0. The van der Waals surface area contributed by atoms with Gasteiger partial charge in [-0.25, -0.2) is 9.50 Å². The lowest BCUT2D eigenvalue weighted by molar-refractivity contribution is -0.148. The molecule has 0 fully saturated rings. The summed E-state index contributed by atoms with van der Waals surface area (Å²) in [4.78, 5) is 31.9. The van der Waals surface area contributed by atoms with Crippen molar-refractivity contribution >= 4 is 17.7 Å². The van der Waals surface area contributed by atoms with E-state index in [1.54, 1.807) is 11.4 Å². The first-order valence-corrected chi connectivity index (χ1v) is 7.53. The van der Waals surface area contributed by atoms with Crippen molar-refractivity contribution in [1.29, 1.82) is 0 Å². The molecule has 8 nitrogen and oxygen atoms in total. The highest BCUT2D eigenvalue weighted by atomic mass is 16.5. The molecule has 0 aromatic carbocycles. The predicted molar refractivity (Wildman–Crippen MR) is 82.8 cm³/mol. The molecule has 0 aliphatic carbocycles. The Kier molecular flexibility index (Phi) is 5.25. The molecule has 0 saturated heterocycles. The van der Waals surface area contributed by atoms with E-state index in [1.165, 1.54) is 6.33 Å². The third-order valence-corrected chi connectivity index (χ3v) is 3.69. The molecule has 2 aromatic rings. The Morgan fingerprint density at radius 2 is 2.13 bits per heavy atom. The number of aryl methyl sites for hydroxylation is 2. The van der Waals surface area contributed by atoms with Crippen LogP contribution in [0.5, 0.6) is 0 Å². The highest BCUT2D eigenvalue weighted by Gasteiger charge is 2.16. The predicted octanol–water partition coefficient (Wildman–Crippen LogP) is 0.742. The van der Waals surface area contributed by atoms with Gasteiger partial charge < -0.3 is 10.1 Å². The standard InChI is InChI=1S/C15H21N5O3/c1-5-9(2)18-13(21)7-23-14(22)6-12-10(3)19-15-16-8-17-20(15)11(12)4/h8-9H,5-7H2,1-4H3,(H,18,21)/t9-/m1/s1. The Labute approximate surface area is 134 Å². The quantitative estimate of drug-likeness (QED) is 0.789. The normalized spacial score (nSPS) is 12.2. The summed E-state index contributed by atoms with van der Waals surface area (Å²) in [7, 11) is 0. The fourth-order valence-corrected chi connectivity index (χ4v) is 2.17. The molecule has 23 heavy (non-hydrogen) atoms. The largest absolute Gasteiger partial charge is 0.455 e. The summed E-state index contributed by atoms with van der Waals surface area (Å²) in [5.41, 5.74) is 2.21. The Hall–Kier alpha value is -2.51. The number of hydrogen-bond acceptors (Lipinski definition) is 6. The van der Waals surface area contributed by atoms with Gasteiger partial charge in [0.05, 0.1) is 6.42 Å². The topological polar surface area (TPSA) is 98.5 Å². The molecule has 1 amide bonds. The van der Waals surface area contributed by atoms with E-state index in [2.05, 4.69) is 20.4 Å². The number of esters is 1. The smallest absolute Gasteiger partial charge is 0.310 e. The molecule has 0 bridgehead atoms. The minimum atomic E-state index is -0.475. The number of nitrogens with zero attached hydrogens (tertiary/aromatic N) is 4. The van der Waals surface area contributed by atoms with Crippen LogP contribution in [0.25, 0.3) is 5.78 Å². The maximum Gasteiger partial charge on any atom is 0.310 e. The molecule has 0 aliphatic rings. The summed E-state index contributed by atoms with van der Waals surface area (Å²) in [6.45, 7) is 7.23. The van der Waals surface area contributed by atoms with Gasteiger partial charge in [-0.2, -0.15) is 10.1 Å². The van der Waals surface area contributed by atoms with Gasteiger partial charge in [0.1, 0.15) is 6.33 Å². The molecule has 0 saturated carbocycles. The Balaban J connectivity index is 1.99. The highest BCUT2D eigenvalue weighted by molar-refractivity contribution is 5.81. The molecule has 8 heteroatoms. The van der Waals surface area contributed by atoms with Gasteiger partial charge in [-0.05, 0) is 27.2 Å². The Morgan fingerprint density at radius 1 is 1.39 bits per heavy atom. The summed E-state index contributed by atoms with van der Waals surface area (Å²) < 4.78 is 6.61. The van der Waals surface area contributed by atoms with E-state index in [0.717, 1.165) is 17.7 Å². The lowest BCUT2D eigenvalue weighted by atomic mass is 10.1. The molecule has 1 atom stereocenters. The molecule has 0 aliphatic heterocycles. The number of carbonyl (C=O) groups is 2. The second-order valence-corrected chi connectivity index (χ2v) is 5.45. The van der Waals surface area contributed by atoms with Gasteiger partial charge in [0.25, 0.3) is 11.7 Å². The zero-order valence-corrected chi connectivity index (χ0v) is 13.8. The van der Waals surface area contributed by atoms with Crippen molar-refractivity contribution in [3.05, 3.63) is 23.3 Å². The van der Waals surface area contributed by atoms with Gasteiger partial charge in [0.15, 0.2) is 6.61 Å². The van der Waals surface area contributed by atoms with Crippen molar-refractivity contribution in [2.24, 2.45) is 0 Å². The van der Waals surface area contributed by atoms with Crippen LogP contribution in [-0.2, 0) is 20.7 Å². The highest BCUT2D eigenvalue weighted by Crippen LogP contribution is 2.14. The lowest BCUT2D eigenvalue weighted by Crippen LogP contribution is -2.35. The minimum absolute atomic E-state index is 0.0388. The summed E-state index contributed by atoms with van der Waals surface area (Å²) in [6.07, 6.45) is 2.27. The van der Waals surface area contributed by atoms with E-state index >= 15 is 0 Å². The molecule has 2 aromatic heterocycles. The Morgan fingerprint density at radius 3 is 2.83 bits per heavy atom. The second-order valence-electron chi connectivity index (χ2n) is 5.45. The zero-order valence-electron chi connectivity index (χ0n) is 13.8. The number of carbonyl (C=O) groups excluding carboxylic acids is 2. The lowest BCUT2D eigenvalue weighted by Gasteiger charge is -2.12. The summed E-state index contributed by atoms with van der Waals surface area (Å²) in [6, 6.07) is 0.0598. The van der Waals surface area contributed by atoms with Crippen LogP contribution in [0.1, 0.15) is 37.2 Å². The molecule has 1 N–H and O–H groups in total. The van der Waals surface area contributed by atoms with Crippen LogP contribution in [0.3, 0.4) is 0 Å². The molecule has 0 spiro atoms. The molecule has 2 rings (SSSR count). The van der Waals surface area contributed by atoms with Gasteiger partial charge in [0.2, 0.25) is 0 Å². The van der Waals surface area contributed by atoms with E-state index in [9.17, 15) is 9.59 Å². The average molecular weight is 319 g/mol. The van der Waals surface area contributed by atoms with Crippen LogP contribution in [0.15, 0.2) is 6.33 Å². The van der Waals surface area contributed by atoms with Crippen molar-refractivity contribution in [2.45, 2.75) is 46.6 Å². The van der Waals surface area contributed by atoms with E-state index in [0.29, 0.717) is 11.5 Å². The number of hydrogen-bond donors (Lipinski definition) is 1. The van der Waals surface area contributed by atoms with Crippen LogP contribution in [-0.4, -0.2) is 44.1 Å². The summed E-state index contributed by atoms with van der Waals surface area (Å²) in [5.74, 6) is -0.284. The number of ether oxygens (including phenoxy) is 1. The fraction of sp³-hybridized carbons (Fsp3) is 0.533. The van der Waals surface area contributed by atoms with Gasteiger partial charge in [-0.1, -0.05) is 6.92 Å². The first kappa shape index (κ1) is 16.9. The fourth-order valence-electron chi connectivity index (χ4n) is 2.17. The van der Waals surface area contributed by atoms with E-state index in [-0.39, 0.29) is 25.0 Å². The molecular formula is C15H21N5O3. The van der Waals surface area contributed by atoms with Crippen LogP contribution in [0.4, 0.5) is 0 Å². The number of aromatic nitrogens is 4. The van der Waals surface area contributed by atoms with Gasteiger partial charge in [-0.15, -0.1) is 0 Å². The van der Waals surface area contributed by atoms with Gasteiger partial charge >= 0.3 is 5.97 Å². The minimum Gasteiger partial charge on any atom is -0.455 e. The number of fused-ring (bicyclic) bond motifs is 1. The van der Waals surface area contributed by atoms with Gasteiger partial charge in [-0.3, -0.25) is 9.59 Å². The zero-order chi connectivity index (χ0) is 17.0. The average Bonchev–Trinajstić information content (AvgIpc) is 2.97. The molecule has 2 heterocycles. The van der Waals surface area contributed by atoms with Crippen molar-refractivity contribution in [3.63, 3.8) is 0 Å². The van der Waals surface area contributed by atoms with Crippen molar-refractivity contribution < 1.29 is 14.3 Å². The number of nitrogens with one attached hydrogen (secondary N) is 1. The van der Waals surface area contributed by atoms with Crippen LogP contribution in [0, 0.1) is 13.8 Å². The molecule has 124 valence electrons. The third-order valence-electron chi connectivity index (χ3n) is 3.69. The summed E-state index contributed by atoms with van der Waals surface area (Å²) >= 11 is 0. The maximum absolute atomic E-state index is 12.0. The van der Waals surface area contributed by atoms with Crippen molar-refractivity contribution in [3.8, 4) is 0 Å². The SMILES string of the molecule is CC[C@@H](C)NC(=O)COC(=O)Cc1c(C)nc2ncnn2c1C. The monoisotopic (exact) mass is 319 g/mol. The molecule has 0 unspecified atom stereocenters. The second kappa shape index (κ2) is 7.17. The van der Waals surface area contributed by atoms with E-state index in [1.807, 2.05) is 20.8 Å². The van der Waals surface area contributed by atoms with Crippen LogP contribution < -0.4 is 5.32 Å². The van der Waals surface area contributed by atoms with Crippen molar-refractivity contribution in [2.75, 3.05) is 6.61 Å². The third kappa shape index (κ3) is 4.02. The van der Waals surface area contributed by atoms with E-state index < -0.39 is 5.97 Å². The molecule has 0 radical (unpaired) electrons. The summed E-state index contributed by atoms with van der Waals surface area (Å²) in [5, 5.41) is 6.81.